The summed E-state index contributed by atoms with van der Waals surface area (Å²) in [4.78, 5) is 29.6. The summed E-state index contributed by atoms with van der Waals surface area (Å²) in [5, 5.41) is 6.63. The van der Waals surface area contributed by atoms with Gasteiger partial charge in [0.05, 0.1) is 12.1 Å². The van der Waals surface area contributed by atoms with Crippen LogP contribution >= 0.6 is 0 Å². The molecule has 0 fully saturated rings. The smallest absolute Gasteiger partial charge is 0.350 e. The number of hydrogen-bond acceptors (Lipinski definition) is 5. The van der Waals surface area contributed by atoms with E-state index in [0.29, 0.717) is 41.3 Å². The molecule has 0 saturated heterocycles. The van der Waals surface area contributed by atoms with Gasteiger partial charge in [-0.3, -0.25) is 9.36 Å². The topological polar surface area (TPSA) is 85.2 Å². The van der Waals surface area contributed by atoms with E-state index in [0.717, 1.165) is 5.56 Å². The third-order valence-corrected chi connectivity index (χ3v) is 5.01. The molecule has 4 aromatic rings. The second kappa shape index (κ2) is 9.95. The first kappa shape index (κ1) is 22.0. The minimum atomic E-state index is -0.544. The molecule has 0 unspecified atom stereocenters. The van der Waals surface area contributed by atoms with Crippen LogP contribution in [0.2, 0.25) is 0 Å². The fourth-order valence-corrected chi connectivity index (χ4v) is 3.45. The van der Waals surface area contributed by atoms with Crippen LogP contribution < -0.4 is 21.1 Å². The van der Waals surface area contributed by atoms with Crippen molar-refractivity contribution in [1.29, 1.82) is 0 Å². The van der Waals surface area contributed by atoms with Crippen molar-refractivity contribution in [3.05, 3.63) is 94.7 Å². The van der Waals surface area contributed by atoms with Crippen LogP contribution in [0, 0.1) is 5.82 Å². The quantitative estimate of drug-likeness (QED) is 0.424. The highest BCUT2D eigenvalue weighted by atomic mass is 19.1. The van der Waals surface area contributed by atoms with E-state index < -0.39 is 5.69 Å². The highest BCUT2D eigenvalue weighted by Gasteiger charge is 2.13. The Morgan fingerprint density at radius 1 is 1.03 bits per heavy atom. The number of anilines is 2. The minimum Gasteiger partial charge on any atom is -0.494 e. The van der Waals surface area contributed by atoms with Gasteiger partial charge in [-0.2, -0.15) is 4.98 Å². The largest absolute Gasteiger partial charge is 0.494 e. The van der Waals surface area contributed by atoms with Crippen molar-refractivity contribution < 1.29 is 13.9 Å². The van der Waals surface area contributed by atoms with E-state index >= 15 is 0 Å². The average Bonchev–Trinajstić information content (AvgIpc) is 2.82. The van der Waals surface area contributed by atoms with Crippen LogP contribution in [0.3, 0.4) is 0 Å². The number of ether oxygens (including phenoxy) is 1. The van der Waals surface area contributed by atoms with Crippen LogP contribution in [-0.2, 0) is 17.9 Å². The summed E-state index contributed by atoms with van der Waals surface area (Å²) in [6, 6.07) is 20.3. The molecule has 0 saturated carbocycles. The molecule has 1 aromatic heterocycles. The van der Waals surface area contributed by atoms with Crippen LogP contribution in [0.25, 0.3) is 10.9 Å². The molecule has 2 N–H and O–H groups in total. The molecular formula is C25H23FN4O3. The lowest BCUT2D eigenvalue weighted by Crippen LogP contribution is -2.30. The van der Waals surface area contributed by atoms with Gasteiger partial charge in [-0.15, -0.1) is 0 Å². The third-order valence-electron chi connectivity index (χ3n) is 5.01. The zero-order valence-electron chi connectivity index (χ0n) is 18.0. The standard InChI is InChI=1S/C25H23FN4O3/c1-2-33-20-13-11-19(12-14-20)28-23(31)16-30-22-6-4-3-5-21(22)24(29-25(30)32)27-15-17-7-9-18(26)10-8-17/h3-14H,2,15-16H2,1H3,(H,28,31)(H,27,29,32). The second-order valence-corrected chi connectivity index (χ2v) is 7.33. The van der Waals surface area contributed by atoms with Gasteiger partial charge < -0.3 is 15.4 Å². The molecule has 0 spiro atoms. The van der Waals surface area contributed by atoms with E-state index in [9.17, 15) is 14.0 Å². The van der Waals surface area contributed by atoms with Crippen molar-refractivity contribution in [2.24, 2.45) is 0 Å². The number of rotatable bonds is 8. The molecule has 1 heterocycles. The van der Waals surface area contributed by atoms with Crippen LogP contribution in [0.4, 0.5) is 15.9 Å². The monoisotopic (exact) mass is 446 g/mol. The molecule has 0 bridgehead atoms. The molecular weight excluding hydrogens is 423 g/mol. The molecule has 1 amide bonds. The summed E-state index contributed by atoms with van der Waals surface area (Å²) in [5.41, 5.74) is 1.49. The van der Waals surface area contributed by atoms with Gasteiger partial charge in [0.25, 0.3) is 0 Å². The molecule has 3 aromatic carbocycles. The summed E-state index contributed by atoms with van der Waals surface area (Å²) in [5.74, 6) is 0.461. The third kappa shape index (κ3) is 5.35. The van der Waals surface area contributed by atoms with Crippen molar-refractivity contribution in [3.63, 3.8) is 0 Å². The molecule has 0 aliphatic heterocycles. The van der Waals surface area contributed by atoms with Gasteiger partial charge in [0.15, 0.2) is 0 Å². The van der Waals surface area contributed by atoms with Crippen LogP contribution in [0.15, 0.2) is 77.6 Å². The first-order valence-corrected chi connectivity index (χ1v) is 10.5. The molecule has 4 rings (SSSR count). The van der Waals surface area contributed by atoms with Gasteiger partial charge in [-0.25, -0.2) is 9.18 Å². The minimum absolute atomic E-state index is 0.183. The Hall–Kier alpha value is -4.20. The Morgan fingerprint density at radius 3 is 2.48 bits per heavy atom. The van der Waals surface area contributed by atoms with E-state index in [-0.39, 0.29) is 18.3 Å². The molecule has 168 valence electrons. The molecule has 0 aliphatic carbocycles. The highest BCUT2D eigenvalue weighted by molar-refractivity contribution is 5.93. The lowest BCUT2D eigenvalue weighted by molar-refractivity contribution is -0.116. The fraction of sp³-hybridized carbons (Fsp3) is 0.160. The summed E-state index contributed by atoms with van der Waals surface area (Å²) in [6.07, 6.45) is 0. The number of nitrogens with zero attached hydrogens (tertiary/aromatic N) is 2. The first-order valence-electron chi connectivity index (χ1n) is 10.5. The summed E-state index contributed by atoms with van der Waals surface area (Å²) < 4.78 is 19.9. The number of para-hydroxylation sites is 1. The molecule has 0 aliphatic rings. The van der Waals surface area contributed by atoms with E-state index in [2.05, 4.69) is 15.6 Å². The molecule has 7 nitrogen and oxygen atoms in total. The summed E-state index contributed by atoms with van der Waals surface area (Å²) in [6.45, 7) is 2.65. The molecule has 8 heteroatoms. The number of benzene rings is 3. The maximum Gasteiger partial charge on any atom is 0.350 e. The Morgan fingerprint density at radius 2 is 1.76 bits per heavy atom. The predicted octanol–water partition coefficient (Wildman–Crippen LogP) is 4.19. The number of aromatic nitrogens is 2. The number of carbonyl (C=O) groups is 1. The van der Waals surface area contributed by atoms with Crippen LogP contribution in [-0.4, -0.2) is 22.1 Å². The van der Waals surface area contributed by atoms with Gasteiger partial charge in [-0.1, -0.05) is 24.3 Å². The molecule has 33 heavy (non-hydrogen) atoms. The summed E-state index contributed by atoms with van der Waals surface area (Å²) in [7, 11) is 0. The highest BCUT2D eigenvalue weighted by Crippen LogP contribution is 2.21. The zero-order valence-corrected chi connectivity index (χ0v) is 18.0. The number of hydrogen-bond donors (Lipinski definition) is 2. The van der Waals surface area contributed by atoms with Gasteiger partial charge in [0.1, 0.15) is 23.9 Å². The van der Waals surface area contributed by atoms with Crippen molar-refractivity contribution >= 4 is 28.3 Å². The van der Waals surface area contributed by atoms with Gasteiger partial charge in [0, 0.05) is 17.6 Å². The summed E-state index contributed by atoms with van der Waals surface area (Å²) >= 11 is 0. The van der Waals surface area contributed by atoms with Crippen molar-refractivity contribution in [2.75, 3.05) is 17.2 Å². The zero-order chi connectivity index (χ0) is 23.2. The molecule has 0 radical (unpaired) electrons. The van der Waals surface area contributed by atoms with Gasteiger partial charge in [0.2, 0.25) is 5.91 Å². The Balaban J connectivity index is 1.53. The normalized spacial score (nSPS) is 10.7. The first-order chi connectivity index (χ1) is 16.0. The number of amides is 1. The number of halogens is 1. The van der Waals surface area contributed by atoms with Crippen LogP contribution in [0.5, 0.6) is 5.75 Å². The van der Waals surface area contributed by atoms with Crippen molar-refractivity contribution in [1.82, 2.24) is 9.55 Å². The Labute approximate surface area is 189 Å². The SMILES string of the molecule is CCOc1ccc(NC(=O)Cn2c(=O)nc(NCc3ccc(F)cc3)c3ccccc32)cc1. The van der Waals surface area contributed by atoms with E-state index in [1.54, 1.807) is 48.5 Å². The Bertz CT molecular complexity index is 1320. The van der Waals surface area contributed by atoms with Crippen molar-refractivity contribution in [3.8, 4) is 5.75 Å². The van der Waals surface area contributed by atoms with E-state index in [1.807, 2.05) is 19.1 Å². The van der Waals surface area contributed by atoms with Crippen molar-refractivity contribution in [2.45, 2.75) is 20.0 Å². The number of carbonyl (C=O) groups excluding carboxylic acids is 1. The fourth-order valence-electron chi connectivity index (χ4n) is 3.45. The maximum absolute atomic E-state index is 13.1. The van der Waals surface area contributed by atoms with Gasteiger partial charge in [-0.05, 0) is 61.0 Å². The maximum atomic E-state index is 13.1. The van der Waals surface area contributed by atoms with E-state index in [4.69, 9.17) is 4.74 Å². The van der Waals surface area contributed by atoms with E-state index in [1.165, 1.54) is 16.7 Å². The molecule has 0 atom stereocenters. The Kier molecular flexibility index (Phi) is 6.64. The van der Waals surface area contributed by atoms with Gasteiger partial charge >= 0.3 is 5.69 Å². The predicted molar refractivity (Wildman–Crippen MR) is 126 cm³/mol. The number of fused-ring (bicyclic) bond motifs is 1. The lowest BCUT2D eigenvalue weighted by atomic mass is 10.2. The van der Waals surface area contributed by atoms with Crippen LogP contribution in [0.1, 0.15) is 12.5 Å². The lowest BCUT2D eigenvalue weighted by Gasteiger charge is -2.14. The average molecular weight is 446 g/mol. The number of nitrogens with one attached hydrogen (secondary N) is 2. The second-order valence-electron chi connectivity index (χ2n) is 7.33.